The summed E-state index contributed by atoms with van der Waals surface area (Å²) < 4.78 is 0. The molecule has 1 aliphatic rings. The number of hydrogen-bond acceptors (Lipinski definition) is 2. The van der Waals surface area contributed by atoms with Crippen LogP contribution in [0.25, 0.3) is 0 Å². The van der Waals surface area contributed by atoms with E-state index < -0.39 is 0 Å². The van der Waals surface area contributed by atoms with Gasteiger partial charge in [0, 0.05) is 19.6 Å². The van der Waals surface area contributed by atoms with Crippen molar-refractivity contribution in [2.24, 2.45) is 4.99 Å². The molecule has 23 heavy (non-hydrogen) atoms. The molecule has 0 atom stereocenters. The number of carbonyl (C=O) groups excluding carboxylic acids is 1. The Morgan fingerprint density at radius 1 is 1.13 bits per heavy atom. The van der Waals surface area contributed by atoms with Crippen LogP contribution in [-0.2, 0) is 11.3 Å². The van der Waals surface area contributed by atoms with Crippen molar-refractivity contribution < 1.29 is 4.79 Å². The van der Waals surface area contributed by atoms with Gasteiger partial charge in [-0.15, -0.1) is 0 Å². The third-order valence-corrected chi connectivity index (χ3v) is 4.00. The maximum Gasteiger partial charge on any atom is 0.241 e. The minimum absolute atomic E-state index is 0.158. The van der Waals surface area contributed by atoms with E-state index in [1.165, 1.54) is 12.0 Å². The first kappa shape index (κ1) is 17.3. The van der Waals surface area contributed by atoms with Gasteiger partial charge in [-0.25, -0.2) is 4.99 Å². The van der Waals surface area contributed by atoms with Crippen molar-refractivity contribution >= 4 is 11.9 Å². The van der Waals surface area contributed by atoms with E-state index in [0.717, 1.165) is 38.0 Å². The molecule has 0 aliphatic carbocycles. The predicted molar refractivity (Wildman–Crippen MR) is 94.4 cm³/mol. The standard InChI is InChI=1S/C18H28N4O/c1-3-19-18(20-13-16-9-7-15(2)8-10-16)21-14-17(23)22-11-5-4-6-12-22/h7-10H,3-6,11-14H2,1-2H3,(H2,19,20,21). The molecular formula is C18H28N4O. The van der Waals surface area contributed by atoms with Crippen LogP contribution in [0.15, 0.2) is 29.3 Å². The number of aliphatic imine (C=N–C) groups is 1. The minimum atomic E-state index is 0.158. The Morgan fingerprint density at radius 2 is 1.83 bits per heavy atom. The van der Waals surface area contributed by atoms with Crippen LogP contribution in [-0.4, -0.2) is 42.9 Å². The van der Waals surface area contributed by atoms with Gasteiger partial charge in [0.05, 0.1) is 13.1 Å². The van der Waals surface area contributed by atoms with E-state index in [0.29, 0.717) is 19.0 Å². The highest BCUT2D eigenvalue weighted by atomic mass is 16.2. The zero-order valence-electron chi connectivity index (χ0n) is 14.3. The number of guanidine groups is 1. The highest BCUT2D eigenvalue weighted by Crippen LogP contribution is 2.08. The first-order valence-corrected chi connectivity index (χ1v) is 8.54. The lowest BCUT2D eigenvalue weighted by atomic mass is 10.1. The van der Waals surface area contributed by atoms with Crippen LogP contribution >= 0.6 is 0 Å². The molecule has 0 spiro atoms. The molecule has 5 nitrogen and oxygen atoms in total. The van der Waals surface area contributed by atoms with Crippen molar-refractivity contribution in [1.82, 2.24) is 15.5 Å². The summed E-state index contributed by atoms with van der Waals surface area (Å²) in [6.45, 7) is 7.56. The molecule has 5 heteroatoms. The number of benzene rings is 1. The van der Waals surface area contributed by atoms with E-state index in [9.17, 15) is 4.79 Å². The Hall–Kier alpha value is -2.04. The van der Waals surface area contributed by atoms with Crippen LogP contribution < -0.4 is 10.6 Å². The fourth-order valence-electron chi connectivity index (χ4n) is 2.62. The molecular weight excluding hydrogens is 288 g/mol. The number of likely N-dealkylation sites (tertiary alicyclic amines) is 1. The van der Waals surface area contributed by atoms with Crippen molar-refractivity contribution in [3.8, 4) is 0 Å². The topological polar surface area (TPSA) is 56.7 Å². The van der Waals surface area contributed by atoms with Gasteiger partial charge >= 0.3 is 0 Å². The van der Waals surface area contributed by atoms with Gasteiger partial charge in [0.1, 0.15) is 0 Å². The Kier molecular flexibility index (Phi) is 6.91. The van der Waals surface area contributed by atoms with Crippen LogP contribution in [0.1, 0.15) is 37.3 Å². The predicted octanol–water partition coefficient (Wildman–Crippen LogP) is 2.06. The van der Waals surface area contributed by atoms with Crippen LogP contribution in [0.2, 0.25) is 0 Å². The van der Waals surface area contributed by atoms with Crippen LogP contribution in [0.3, 0.4) is 0 Å². The second-order valence-electron chi connectivity index (χ2n) is 5.98. The first-order chi connectivity index (χ1) is 11.2. The van der Waals surface area contributed by atoms with Crippen molar-refractivity contribution in [3.63, 3.8) is 0 Å². The number of nitrogens with zero attached hydrogens (tertiary/aromatic N) is 2. The maximum absolute atomic E-state index is 12.2. The molecule has 1 aromatic rings. The normalized spacial score (nSPS) is 15.4. The molecule has 1 saturated heterocycles. The molecule has 0 unspecified atom stereocenters. The Bertz CT molecular complexity index is 518. The molecule has 1 heterocycles. The van der Waals surface area contributed by atoms with E-state index in [4.69, 9.17) is 0 Å². The zero-order chi connectivity index (χ0) is 16.5. The largest absolute Gasteiger partial charge is 0.357 e. The maximum atomic E-state index is 12.2. The highest BCUT2D eigenvalue weighted by molar-refractivity contribution is 5.86. The summed E-state index contributed by atoms with van der Waals surface area (Å²) in [7, 11) is 0. The number of piperidine rings is 1. The summed E-state index contributed by atoms with van der Waals surface area (Å²) in [4.78, 5) is 18.7. The van der Waals surface area contributed by atoms with Crippen molar-refractivity contribution in [2.45, 2.75) is 39.7 Å². The van der Waals surface area contributed by atoms with E-state index in [-0.39, 0.29) is 5.91 Å². The Balaban J connectivity index is 1.85. The Labute approximate surface area is 139 Å². The molecule has 1 aromatic carbocycles. The molecule has 2 N–H and O–H groups in total. The molecule has 0 saturated carbocycles. The molecule has 1 amide bonds. The lowest BCUT2D eigenvalue weighted by molar-refractivity contribution is -0.130. The van der Waals surface area contributed by atoms with Gasteiger partial charge in [-0.05, 0) is 38.7 Å². The van der Waals surface area contributed by atoms with Gasteiger partial charge < -0.3 is 15.5 Å². The van der Waals surface area contributed by atoms with Crippen molar-refractivity contribution in [3.05, 3.63) is 35.4 Å². The molecule has 1 fully saturated rings. The SMILES string of the molecule is CCNC(=NCc1ccc(C)cc1)NCC(=O)N1CCCCC1. The smallest absolute Gasteiger partial charge is 0.241 e. The van der Waals surface area contributed by atoms with Gasteiger partial charge in [0.15, 0.2) is 5.96 Å². The number of nitrogens with one attached hydrogen (secondary N) is 2. The third kappa shape index (κ3) is 5.93. The van der Waals surface area contributed by atoms with Gasteiger partial charge in [0.2, 0.25) is 5.91 Å². The average molecular weight is 316 g/mol. The number of amides is 1. The quantitative estimate of drug-likeness (QED) is 0.646. The highest BCUT2D eigenvalue weighted by Gasteiger charge is 2.16. The summed E-state index contributed by atoms with van der Waals surface area (Å²) in [6, 6.07) is 8.35. The first-order valence-electron chi connectivity index (χ1n) is 8.54. The van der Waals surface area contributed by atoms with E-state index >= 15 is 0 Å². The van der Waals surface area contributed by atoms with Crippen LogP contribution in [0.4, 0.5) is 0 Å². The van der Waals surface area contributed by atoms with Crippen LogP contribution in [0, 0.1) is 6.92 Å². The molecule has 0 radical (unpaired) electrons. The summed E-state index contributed by atoms with van der Waals surface area (Å²) in [5, 5.41) is 6.34. The summed E-state index contributed by atoms with van der Waals surface area (Å²) in [6.07, 6.45) is 3.47. The molecule has 1 aliphatic heterocycles. The fourth-order valence-corrected chi connectivity index (χ4v) is 2.62. The fraction of sp³-hybridized carbons (Fsp3) is 0.556. The second kappa shape index (κ2) is 9.18. The van der Waals surface area contributed by atoms with Gasteiger partial charge in [-0.1, -0.05) is 29.8 Å². The van der Waals surface area contributed by atoms with Crippen molar-refractivity contribution in [1.29, 1.82) is 0 Å². The second-order valence-corrected chi connectivity index (χ2v) is 5.98. The number of aryl methyl sites for hydroxylation is 1. The van der Waals surface area contributed by atoms with E-state index in [2.05, 4.69) is 46.8 Å². The van der Waals surface area contributed by atoms with Crippen LogP contribution in [0.5, 0.6) is 0 Å². The van der Waals surface area contributed by atoms with Gasteiger partial charge in [0.25, 0.3) is 0 Å². The third-order valence-electron chi connectivity index (χ3n) is 4.00. The average Bonchev–Trinajstić information content (AvgIpc) is 2.59. The zero-order valence-corrected chi connectivity index (χ0v) is 14.3. The number of rotatable bonds is 5. The van der Waals surface area contributed by atoms with E-state index in [1.807, 2.05) is 11.8 Å². The van der Waals surface area contributed by atoms with Crippen molar-refractivity contribution in [2.75, 3.05) is 26.2 Å². The minimum Gasteiger partial charge on any atom is -0.357 e. The summed E-state index contributed by atoms with van der Waals surface area (Å²) in [5.74, 6) is 0.851. The lowest BCUT2D eigenvalue weighted by Gasteiger charge is -2.27. The molecule has 2 rings (SSSR count). The molecule has 0 bridgehead atoms. The lowest BCUT2D eigenvalue weighted by Crippen LogP contribution is -2.46. The monoisotopic (exact) mass is 316 g/mol. The summed E-state index contributed by atoms with van der Waals surface area (Å²) in [5.41, 5.74) is 2.41. The van der Waals surface area contributed by atoms with Gasteiger partial charge in [-0.2, -0.15) is 0 Å². The van der Waals surface area contributed by atoms with E-state index in [1.54, 1.807) is 0 Å². The number of hydrogen-bond donors (Lipinski definition) is 2. The number of carbonyl (C=O) groups is 1. The molecule has 126 valence electrons. The molecule has 0 aromatic heterocycles. The summed E-state index contributed by atoms with van der Waals surface area (Å²) >= 11 is 0. The van der Waals surface area contributed by atoms with Gasteiger partial charge in [-0.3, -0.25) is 4.79 Å². The Morgan fingerprint density at radius 3 is 2.48 bits per heavy atom.